The van der Waals surface area contributed by atoms with Crippen LogP contribution in [0.5, 0.6) is 0 Å². The molecule has 1 nitrogen and oxygen atoms in total. The third kappa shape index (κ3) is 2.69. The fourth-order valence-corrected chi connectivity index (χ4v) is 3.63. The van der Waals surface area contributed by atoms with Gasteiger partial charge < -0.3 is 0 Å². The van der Waals surface area contributed by atoms with Crippen LogP contribution in [0.15, 0.2) is 79.1 Å². The second-order valence-electron chi connectivity index (χ2n) is 5.83. The first-order valence-corrected chi connectivity index (χ1v) is 8.13. The van der Waals surface area contributed by atoms with Crippen LogP contribution in [0.1, 0.15) is 34.1 Å². The number of allylic oxidation sites excluding steroid dienone is 1. The Labute approximate surface area is 141 Å². The molecule has 1 aromatic heterocycles. The van der Waals surface area contributed by atoms with Gasteiger partial charge in [0.1, 0.15) is 0 Å². The molecule has 112 valence electrons. The Kier molecular flexibility index (Phi) is 3.72. The molecule has 2 atom stereocenters. The predicted octanol–water partition coefficient (Wildman–Crippen LogP) is 5.68. The number of hydrogen-bond acceptors (Lipinski definition) is 1. The quantitative estimate of drug-likeness (QED) is 0.592. The van der Waals surface area contributed by atoms with E-state index in [4.69, 9.17) is 11.6 Å². The fourth-order valence-electron chi connectivity index (χ4n) is 3.43. The SMILES string of the molecule is Clc1cccc(C2c3ccccc3C=CC2c2ccncc2)c1. The molecule has 0 radical (unpaired) electrons. The average Bonchev–Trinajstić information content (AvgIpc) is 2.61. The van der Waals surface area contributed by atoms with Gasteiger partial charge in [-0.1, -0.05) is 60.2 Å². The van der Waals surface area contributed by atoms with Gasteiger partial charge in [-0.25, -0.2) is 0 Å². The normalized spacial score (nSPS) is 19.3. The van der Waals surface area contributed by atoms with Crippen molar-refractivity contribution in [3.8, 4) is 0 Å². The van der Waals surface area contributed by atoms with E-state index in [9.17, 15) is 0 Å². The average molecular weight is 318 g/mol. The third-order valence-corrected chi connectivity index (χ3v) is 4.71. The fraction of sp³-hybridized carbons (Fsp3) is 0.0952. The van der Waals surface area contributed by atoms with Crippen molar-refractivity contribution in [2.45, 2.75) is 11.8 Å². The van der Waals surface area contributed by atoms with E-state index in [0.717, 1.165) is 5.02 Å². The standard InChI is InChI=1S/C21H16ClN/c22-18-6-3-5-17(14-18)21-19-7-2-1-4-15(19)8-9-20(21)16-10-12-23-13-11-16/h1-14,20-21H. The number of aromatic nitrogens is 1. The summed E-state index contributed by atoms with van der Waals surface area (Å²) in [5.41, 5.74) is 5.15. The van der Waals surface area contributed by atoms with E-state index in [1.54, 1.807) is 0 Å². The van der Waals surface area contributed by atoms with E-state index in [1.165, 1.54) is 22.3 Å². The van der Waals surface area contributed by atoms with Crippen LogP contribution in [0.3, 0.4) is 0 Å². The molecule has 0 saturated heterocycles. The molecular formula is C21H16ClN. The van der Waals surface area contributed by atoms with E-state index in [2.05, 4.69) is 65.7 Å². The predicted molar refractivity (Wildman–Crippen MR) is 95.7 cm³/mol. The molecule has 3 aromatic rings. The molecule has 2 unspecified atom stereocenters. The smallest absolute Gasteiger partial charge is 0.0408 e. The second kappa shape index (κ2) is 6.02. The number of nitrogens with zero attached hydrogens (tertiary/aromatic N) is 1. The summed E-state index contributed by atoms with van der Waals surface area (Å²) in [7, 11) is 0. The van der Waals surface area contributed by atoms with E-state index >= 15 is 0 Å². The molecule has 4 rings (SSSR count). The number of benzene rings is 2. The van der Waals surface area contributed by atoms with Crippen LogP contribution < -0.4 is 0 Å². The summed E-state index contributed by atoms with van der Waals surface area (Å²) < 4.78 is 0. The molecule has 0 aliphatic heterocycles. The van der Waals surface area contributed by atoms with E-state index in [1.807, 2.05) is 24.5 Å². The van der Waals surface area contributed by atoms with Crippen molar-refractivity contribution in [3.63, 3.8) is 0 Å². The zero-order valence-electron chi connectivity index (χ0n) is 12.6. The zero-order chi connectivity index (χ0) is 15.6. The maximum absolute atomic E-state index is 6.26. The maximum atomic E-state index is 6.26. The van der Waals surface area contributed by atoms with Gasteiger partial charge in [-0.2, -0.15) is 0 Å². The van der Waals surface area contributed by atoms with E-state index in [0.29, 0.717) is 0 Å². The topological polar surface area (TPSA) is 12.9 Å². The summed E-state index contributed by atoms with van der Waals surface area (Å²) in [6.45, 7) is 0. The van der Waals surface area contributed by atoms with Crippen molar-refractivity contribution >= 4 is 17.7 Å². The molecule has 2 heteroatoms. The minimum Gasteiger partial charge on any atom is -0.265 e. The molecule has 2 aromatic carbocycles. The van der Waals surface area contributed by atoms with Crippen LogP contribution >= 0.6 is 11.6 Å². The lowest BCUT2D eigenvalue weighted by molar-refractivity contribution is 0.706. The van der Waals surface area contributed by atoms with E-state index in [-0.39, 0.29) is 11.8 Å². The Bertz CT molecular complexity index is 854. The minimum atomic E-state index is 0.261. The molecule has 0 bridgehead atoms. The first-order valence-electron chi connectivity index (χ1n) is 7.75. The molecule has 1 aliphatic rings. The Morgan fingerprint density at radius 2 is 1.65 bits per heavy atom. The van der Waals surface area contributed by atoms with Gasteiger partial charge in [0.05, 0.1) is 0 Å². The lowest BCUT2D eigenvalue weighted by Gasteiger charge is -2.31. The molecule has 23 heavy (non-hydrogen) atoms. The maximum Gasteiger partial charge on any atom is 0.0408 e. The molecule has 0 N–H and O–H groups in total. The largest absolute Gasteiger partial charge is 0.265 e. The summed E-state index contributed by atoms with van der Waals surface area (Å²) >= 11 is 6.26. The molecule has 0 fully saturated rings. The Morgan fingerprint density at radius 1 is 0.826 bits per heavy atom. The van der Waals surface area contributed by atoms with Crippen LogP contribution in [0.2, 0.25) is 5.02 Å². The highest BCUT2D eigenvalue weighted by Gasteiger charge is 2.28. The molecular weight excluding hydrogens is 302 g/mol. The first kappa shape index (κ1) is 14.2. The molecule has 0 amide bonds. The van der Waals surface area contributed by atoms with Gasteiger partial charge in [0, 0.05) is 29.3 Å². The summed E-state index contributed by atoms with van der Waals surface area (Å²) in [6, 6.07) is 21.0. The van der Waals surface area contributed by atoms with Gasteiger partial charge >= 0.3 is 0 Å². The molecule has 0 saturated carbocycles. The minimum absolute atomic E-state index is 0.261. The molecule has 0 spiro atoms. The Hall–Kier alpha value is -2.38. The summed E-state index contributed by atoms with van der Waals surface area (Å²) in [5, 5.41) is 0.781. The number of fused-ring (bicyclic) bond motifs is 1. The van der Waals surface area contributed by atoms with Crippen LogP contribution in [0.4, 0.5) is 0 Å². The number of halogens is 1. The van der Waals surface area contributed by atoms with Gasteiger partial charge in [-0.05, 0) is 46.5 Å². The van der Waals surface area contributed by atoms with Crippen LogP contribution in [-0.2, 0) is 0 Å². The highest BCUT2D eigenvalue weighted by molar-refractivity contribution is 6.30. The lowest BCUT2D eigenvalue weighted by Crippen LogP contribution is -2.15. The summed E-state index contributed by atoms with van der Waals surface area (Å²) in [6.07, 6.45) is 8.24. The number of hydrogen-bond donors (Lipinski definition) is 0. The lowest BCUT2D eigenvalue weighted by atomic mass is 9.73. The van der Waals surface area contributed by atoms with Gasteiger partial charge in [0.15, 0.2) is 0 Å². The van der Waals surface area contributed by atoms with Crippen molar-refractivity contribution in [1.82, 2.24) is 4.98 Å². The molecule has 1 heterocycles. The third-order valence-electron chi connectivity index (χ3n) is 4.47. The van der Waals surface area contributed by atoms with Crippen molar-refractivity contribution in [3.05, 3.63) is 106 Å². The summed E-state index contributed by atoms with van der Waals surface area (Å²) in [5.74, 6) is 0.545. The van der Waals surface area contributed by atoms with Crippen molar-refractivity contribution in [2.75, 3.05) is 0 Å². The van der Waals surface area contributed by atoms with Crippen molar-refractivity contribution in [2.24, 2.45) is 0 Å². The summed E-state index contributed by atoms with van der Waals surface area (Å²) in [4.78, 5) is 4.15. The highest BCUT2D eigenvalue weighted by Crippen LogP contribution is 2.44. The van der Waals surface area contributed by atoms with Crippen LogP contribution in [0.25, 0.3) is 6.08 Å². The Morgan fingerprint density at radius 3 is 2.48 bits per heavy atom. The van der Waals surface area contributed by atoms with Gasteiger partial charge in [0.2, 0.25) is 0 Å². The van der Waals surface area contributed by atoms with Gasteiger partial charge in [0.25, 0.3) is 0 Å². The number of pyridine rings is 1. The van der Waals surface area contributed by atoms with E-state index < -0.39 is 0 Å². The van der Waals surface area contributed by atoms with Crippen molar-refractivity contribution in [1.29, 1.82) is 0 Å². The van der Waals surface area contributed by atoms with Gasteiger partial charge in [-0.15, -0.1) is 0 Å². The van der Waals surface area contributed by atoms with Gasteiger partial charge in [-0.3, -0.25) is 4.98 Å². The first-order chi connectivity index (χ1) is 11.3. The van der Waals surface area contributed by atoms with Crippen LogP contribution in [0, 0.1) is 0 Å². The molecule has 1 aliphatic carbocycles. The van der Waals surface area contributed by atoms with Crippen molar-refractivity contribution < 1.29 is 0 Å². The highest BCUT2D eigenvalue weighted by atomic mass is 35.5. The number of rotatable bonds is 2. The Balaban J connectivity index is 1.90. The van der Waals surface area contributed by atoms with Crippen LogP contribution in [-0.4, -0.2) is 4.98 Å². The zero-order valence-corrected chi connectivity index (χ0v) is 13.3. The monoisotopic (exact) mass is 317 g/mol. The second-order valence-corrected chi connectivity index (χ2v) is 6.26.